The first-order valence-corrected chi connectivity index (χ1v) is 12.6. The summed E-state index contributed by atoms with van der Waals surface area (Å²) in [5, 5.41) is 0. The van der Waals surface area contributed by atoms with Crippen LogP contribution in [0.5, 0.6) is 0 Å². The van der Waals surface area contributed by atoms with Crippen molar-refractivity contribution in [1.82, 2.24) is 0 Å². The first-order chi connectivity index (χ1) is 14.7. The molecule has 2 aliphatic carbocycles. The monoisotopic (exact) mass is 510 g/mol. The van der Waals surface area contributed by atoms with E-state index in [9.17, 15) is 0 Å². The maximum atomic E-state index is 5.14. The van der Waals surface area contributed by atoms with Crippen molar-refractivity contribution in [2.75, 3.05) is 39.6 Å². The van der Waals surface area contributed by atoms with E-state index in [0.717, 1.165) is 0 Å². The van der Waals surface area contributed by atoms with Crippen molar-refractivity contribution in [3.05, 3.63) is 64.2 Å². The van der Waals surface area contributed by atoms with E-state index in [1.165, 1.54) is 0 Å². The fourth-order valence-corrected chi connectivity index (χ4v) is 3.21. The molecule has 0 aromatic carbocycles. The summed E-state index contributed by atoms with van der Waals surface area (Å²) in [5.41, 5.74) is 0. The summed E-state index contributed by atoms with van der Waals surface area (Å²) in [6.45, 7) is 15.4. The molecule has 0 unspecified atom stereocenters. The van der Waals surface area contributed by atoms with Crippen LogP contribution in [0.15, 0.2) is 0 Å². The van der Waals surface area contributed by atoms with Crippen molar-refractivity contribution in [2.45, 2.75) is 41.5 Å². The van der Waals surface area contributed by atoms with Crippen molar-refractivity contribution >= 4 is 17.2 Å². The topological polar surface area (TPSA) is 55.4 Å². The van der Waals surface area contributed by atoms with Crippen LogP contribution in [-0.2, 0) is 48.9 Å². The third-order valence-corrected chi connectivity index (χ3v) is 5.33. The molecule has 0 aromatic heterocycles. The maximum absolute atomic E-state index is 5.14. The molecule has 0 spiro atoms. The molecule has 6 nitrogen and oxygen atoms in total. The molecule has 0 atom stereocenters. The molecule has 9 heteroatoms. The Labute approximate surface area is 211 Å². The minimum atomic E-state index is -1.06. The molecular formula is C22H40O6P2Ti. The summed E-state index contributed by atoms with van der Waals surface area (Å²) in [5.74, 6) is 0. The Morgan fingerprint density at radius 2 is 0.484 bits per heavy atom. The fraction of sp³-hybridized carbons (Fsp3) is 0.545. The van der Waals surface area contributed by atoms with Crippen LogP contribution in [0.4, 0.5) is 0 Å². The summed E-state index contributed by atoms with van der Waals surface area (Å²) >= 11 is 0. The van der Waals surface area contributed by atoms with Crippen molar-refractivity contribution in [1.29, 1.82) is 0 Å². The van der Waals surface area contributed by atoms with Crippen LogP contribution < -0.4 is 0 Å². The number of rotatable bonds is 12. The van der Waals surface area contributed by atoms with Crippen LogP contribution in [0.25, 0.3) is 0 Å². The molecule has 0 saturated heterocycles. The van der Waals surface area contributed by atoms with Crippen molar-refractivity contribution in [2.24, 2.45) is 0 Å². The van der Waals surface area contributed by atoms with Gasteiger partial charge in [-0.05, 0) is 106 Å². The molecule has 2 aliphatic rings. The second-order valence-corrected chi connectivity index (χ2v) is 7.32. The Hall–Kier alpha value is 1.33. The van der Waals surface area contributed by atoms with Crippen molar-refractivity contribution in [3.63, 3.8) is 0 Å². The molecule has 0 aromatic rings. The van der Waals surface area contributed by atoms with Gasteiger partial charge in [0.25, 0.3) is 0 Å². The minimum Gasteiger partial charge on any atom is -0.313 e. The van der Waals surface area contributed by atoms with E-state index in [0.29, 0.717) is 39.6 Å². The molecule has 10 radical (unpaired) electrons. The quantitative estimate of drug-likeness (QED) is 0.216. The van der Waals surface area contributed by atoms with Gasteiger partial charge in [0.2, 0.25) is 0 Å². The molecule has 2 fully saturated rings. The van der Waals surface area contributed by atoms with E-state index in [1.54, 1.807) is 0 Å². The summed E-state index contributed by atoms with van der Waals surface area (Å²) in [6.07, 6.45) is 20.0. The first-order valence-electron chi connectivity index (χ1n) is 10.4. The normalized spacial score (nSPS) is 14.7. The average molecular weight is 510 g/mol. The summed E-state index contributed by atoms with van der Waals surface area (Å²) in [6, 6.07) is 0. The van der Waals surface area contributed by atoms with E-state index in [1.807, 2.05) is 106 Å². The Morgan fingerprint density at radius 1 is 0.355 bits per heavy atom. The Kier molecular flexibility index (Phi) is 39.9. The van der Waals surface area contributed by atoms with Crippen LogP contribution in [0, 0.1) is 64.2 Å². The molecule has 2 rings (SSSR count). The predicted molar refractivity (Wildman–Crippen MR) is 127 cm³/mol. The minimum absolute atomic E-state index is 0. The predicted octanol–water partition coefficient (Wildman–Crippen LogP) is 6.69. The Bertz CT molecular complexity index is 227. The SMILES string of the molecule is CCOP(OCC)OCC.CCOP(OCC)OCC.[CH]1[CH][CH][CH][CH]1.[CH]1[CH][CH][CH][CH]1.[Ti]. The van der Waals surface area contributed by atoms with E-state index >= 15 is 0 Å². The van der Waals surface area contributed by atoms with Crippen molar-refractivity contribution in [3.8, 4) is 0 Å². The summed E-state index contributed by atoms with van der Waals surface area (Å²) in [7, 11) is -2.12. The zero-order valence-electron chi connectivity index (χ0n) is 19.9. The first kappa shape index (κ1) is 36.9. The van der Waals surface area contributed by atoms with E-state index in [2.05, 4.69) is 0 Å². The molecular weight excluding hydrogens is 470 g/mol. The second kappa shape index (κ2) is 33.5. The van der Waals surface area contributed by atoms with Crippen molar-refractivity contribution < 1.29 is 48.9 Å². The fourth-order valence-electron chi connectivity index (χ4n) is 1.50. The van der Waals surface area contributed by atoms with Gasteiger partial charge in [-0.3, -0.25) is 0 Å². The molecule has 0 aliphatic heterocycles. The smallest absolute Gasteiger partial charge is 0.313 e. The van der Waals surface area contributed by atoms with Gasteiger partial charge in [0.05, 0.1) is 39.6 Å². The van der Waals surface area contributed by atoms with Gasteiger partial charge in [-0.1, -0.05) is 0 Å². The van der Waals surface area contributed by atoms with E-state index < -0.39 is 17.2 Å². The van der Waals surface area contributed by atoms with Gasteiger partial charge < -0.3 is 27.1 Å². The van der Waals surface area contributed by atoms with Crippen LogP contribution >= 0.6 is 17.2 Å². The van der Waals surface area contributed by atoms with E-state index in [4.69, 9.17) is 27.1 Å². The van der Waals surface area contributed by atoms with Crippen LogP contribution in [0.2, 0.25) is 0 Å². The molecule has 178 valence electrons. The molecule has 0 heterocycles. The van der Waals surface area contributed by atoms with Crippen LogP contribution in [0.1, 0.15) is 41.5 Å². The number of hydrogen-bond acceptors (Lipinski definition) is 6. The van der Waals surface area contributed by atoms with Gasteiger partial charge in [0.15, 0.2) is 0 Å². The summed E-state index contributed by atoms with van der Waals surface area (Å²) in [4.78, 5) is 0. The number of hydrogen-bond donors (Lipinski definition) is 0. The second-order valence-electron chi connectivity index (χ2n) is 4.88. The van der Waals surface area contributed by atoms with Crippen LogP contribution in [-0.4, -0.2) is 39.6 Å². The van der Waals surface area contributed by atoms with Gasteiger partial charge in [-0.15, -0.1) is 0 Å². The Balaban J connectivity index is -0.000000348. The van der Waals surface area contributed by atoms with Gasteiger partial charge >= 0.3 is 17.2 Å². The molecule has 0 amide bonds. The standard InChI is InChI=1S/2C6H15O3P.2C5H5.Ti/c2*1-4-7-10(8-5-2)9-6-3;2*1-2-4-5-3-1;/h2*4-6H2,1-3H3;2*1-5H;. The zero-order valence-corrected chi connectivity index (χ0v) is 23.2. The summed E-state index contributed by atoms with van der Waals surface area (Å²) < 4.78 is 30.9. The van der Waals surface area contributed by atoms with E-state index in [-0.39, 0.29) is 21.7 Å². The molecule has 2 saturated carbocycles. The van der Waals surface area contributed by atoms with Gasteiger partial charge in [0, 0.05) is 21.7 Å². The molecule has 0 N–H and O–H groups in total. The molecule has 0 bridgehead atoms. The van der Waals surface area contributed by atoms with Crippen LogP contribution in [0.3, 0.4) is 0 Å². The van der Waals surface area contributed by atoms with Gasteiger partial charge in [-0.25, -0.2) is 0 Å². The molecule has 31 heavy (non-hydrogen) atoms. The third-order valence-electron chi connectivity index (χ3n) is 2.52. The largest absolute Gasteiger partial charge is 0.332 e. The maximum Gasteiger partial charge on any atom is 0.332 e. The van der Waals surface area contributed by atoms with Gasteiger partial charge in [-0.2, -0.15) is 0 Å². The zero-order chi connectivity index (χ0) is 22.7. The third kappa shape index (κ3) is 31.3. The average Bonchev–Trinajstić information content (AvgIpc) is 3.49. The Morgan fingerprint density at radius 3 is 0.581 bits per heavy atom. The van der Waals surface area contributed by atoms with Gasteiger partial charge in [0.1, 0.15) is 0 Å².